The summed E-state index contributed by atoms with van der Waals surface area (Å²) in [7, 11) is 0. The van der Waals surface area contributed by atoms with Crippen molar-refractivity contribution >= 4 is 23.5 Å². The molecule has 2 aromatic carbocycles. The molecule has 1 aliphatic heterocycles. The van der Waals surface area contributed by atoms with Gasteiger partial charge in [-0.15, -0.1) is 0 Å². The van der Waals surface area contributed by atoms with Crippen molar-refractivity contribution in [3.05, 3.63) is 59.2 Å². The van der Waals surface area contributed by atoms with Crippen LogP contribution in [0.2, 0.25) is 0 Å². The monoisotopic (exact) mass is 391 g/mol. The number of amides is 2. The molecule has 2 aliphatic rings. The predicted octanol–water partition coefficient (Wildman–Crippen LogP) is 4.45. The Morgan fingerprint density at radius 3 is 2.38 bits per heavy atom. The molecule has 1 saturated heterocycles. The van der Waals surface area contributed by atoms with Crippen LogP contribution in [-0.2, 0) is 9.59 Å². The smallest absolute Gasteiger partial charge is 0.343 e. The van der Waals surface area contributed by atoms with E-state index in [1.165, 1.54) is 4.90 Å². The van der Waals surface area contributed by atoms with Gasteiger partial charge in [0.15, 0.2) is 0 Å². The van der Waals surface area contributed by atoms with Crippen molar-refractivity contribution in [1.82, 2.24) is 0 Å². The summed E-state index contributed by atoms with van der Waals surface area (Å²) in [5, 5.41) is 0. The van der Waals surface area contributed by atoms with Crippen LogP contribution in [0.15, 0.2) is 42.5 Å². The molecule has 0 bridgehead atoms. The molecular formula is C24H25NO4. The minimum Gasteiger partial charge on any atom is -0.423 e. The summed E-state index contributed by atoms with van der Waals surface area (Å²) >= 11 is 0. The molecule has 5 heteroatoms. The van der Waals surface area contributed by atoms with Gasteiger partial charge in [0.25, 0.3) is 0 Å². The second-order valence-corrected chi connectivity index (χ2v) is 8.28. The maximum atomic E-state index is 12.8. The lowest BCUT2D eigenvalue weighted by Crippen LogP contribution is -2.30. The van der Waals surface area contributed by atoms with Crippen molar-refractivity contribution in [3.8, 4) is 5.75 Å². The third kappa shape index (κ3) is 3.46. The summed E-state index contributed by atoms with van der Waals surface area (Å²) in [6.45, 7) is 6.00. The Hall–Kier alpha value is -2.95. The van der Waals surface area contributed by atoms with Crippen molar-refractivity contribution in [2.45, 2.75) is 40.0 Å². The van der Waals surface area contributed by atoms with Gasteiger partial charge in [-0.3, -0.25) is 14.5 Å². The van der Waals surface area contributed by atoms with E-state index in [9.17, 15) is 14.4 Å². The number of rotatable bonds is 3. The van der Waals surface area contributed by atoms with Crippen LogP contribution >= 0.6 is 0 Å². The highest BCUT2D eigenvalue weighted by Crippen LogP contribution is 2.42. The normalized spacial score (nSPS) is 23.8. The second-order valence-electron chi connectivity index (χ2n) is 8.28. The number of nitrogens with zero attached hydrogens (tertiary/aromatic N) is 1. The van der Waals surface area contributed by atoms with E-state index < -0.39 is 5.97 Å². The van der Waals surface area contributed by atoms with Gasteiger partial charge in [0.05, 0.1) is 23.1 Å². The van der Waals surface area contributed by atoms with Crippen LogP contribution in [0, 0.1) is 31.6 Å². The molecule has 1 aliphatic carbocycles. The Labute approximate surface area is 170 Å². The van der Waals surface area contributed by atoms with Gasteiger partial charge in [-0.2, -0.15) is 0 Å². The van der Waals surface area contributed by atoms with Crippen molar-refractivity contribution in [2.75, 3.05) is 4.90 Å². The first-order valence-corrected chi connectivity index (χ1v) is 10.1. The summed E-state index contributed by atoms with van der Waals surface area (Å²) in [6.07, 6.45) is 2.52. The van der Waals surface area contributed by atoms with E-state index in [-0.39, 0.29) is 23.7 Å². The molecular weight excluding hydrogens is 366 g/mol. The van der Waals surface area contributed by atoms with E-state index in [0.29, 0.717) is 22.9 Å². The molecule has 0 unspecified atom stereocenters. The minimum absolute atomic E-state index is 0.113. The van der Waals surface area contributed by atoms with Crippen LogP contribution in [0.5, 0.6) is 5.75 Å². The van der Waals surface area contributed by atoms with E-state index in [1.807, 2.05) is 26.0 Å². The van der Waals surface area contributed by atoms with Gasteiger partial charge in [-0.1, -0.05) is 19.1 Å². The van der Waals surface area contributed by atoms with Crippen LogP contribution in [-0.4, -0.2) is 17.8 Å². The molecule has 2 amide bonds. The lowest BCUT2D eigenvalue weighted by atomic mass is 9.76. The number of fused-ring (bicyclic) bond motifs is 1. The number of carbonyl (C=O) groups is 3. The van der Waals surface area contributed by atoms with Crippen molar-refractivity contribution < 1.29 is 19.1 Å². The van der Waals surface area contributed by atoms with Gasteiger partial charge in [0.2, 0.25) is 11.8 Å². The molecule has 5 nitrogen and oxygen atoms in total. The Bertz CT molecular complexity index is 979. The molecule has 29 heavy (non-hydrogen) atoms. The average molecular weight is 391 g/mol. The molecule has 150 valence electrons. The fraction of sp³-hybridized carbons (Fsp3) is 0.375. The molecule has 4 rings (SSSR count). The number of hydrogen-bond acceptors (Lipinski definition) is 4. The Morgan fingerprint density at radius 2 is 1.66 bits per heavy atom. The number of hydrogen-bond donors (Lipinski definition) is 0. The highest BCUT2D eigenvalue weighted by atomic mass is 16.5. The highest BCUT2D eigenvalue weighted by Gasteiger charge is 2.49. The lowest BCUT2D eigenvalue weighted by molar-refractivity contribution is -0.122. The quantitative estimate of drug-likeness (QED) is 0.441. The van der Waals surface area contributed by atoms with Gasteiger partial charge in [0.1, 0.15) is 5.75 Å². The number of esters is 1. The second kappa shape index (κ2) is 7.47. The summed E-state index contributed by atoms with van der Waals surface area (Å²) < 4.78 is 5.52. The van der Waals surface area contributed by atoms with Gasteiger partial charge in [0, 0.05) is 0 Å². The van der Waals surface area contributed by atoms with Crippen molar-refractivity contribution in [1.29, 1.82) is 0 Å². The van der Waals surface area contributed by atoms with Crippen LogP contribution in [0.4, 0.5) is 5.69 Å². The molecule has 3 atom stereocenters. The van der Waals surface area contributed by atoms with Crippen molar-refractivity contribution in [3.63, 3.8) is 0 Å². The molecule has 1 heterocycles. The van der Waals surface area contributed by atoms with Crippen LogP contribution in [0.25, 0.3) is 0 Å². The Balaban J connectivity index is 1.52. The predicted molar refractivity (Wildman–Crippen MR) is 110 cm³/mol. The topological polar surface area (TPSA) is 63.7 Å². The van der Waals surface area contributed by atoms with Gasteiger partial charge < -0.3 is 4.74 Å². The summed E-state index contributed by atoms with van der Waals surface area (Å²) in [5.74, 6) is -0.105. The number of carbonyl (C=O) groups excluding carboxylic acids is 3. The molecule has 0 radical (unpaired) electrons. The van der Waals surface area contributed by atoms with Gasteiger partial charge >= 0.3 is 5.97 Å². The SMILES string of the molecule is Cc1cccc(OC(=O)c2ccc(N3C(=O)[C@@H]4CC[C@H](C)C[C@H]4C3=O)cc2)c1C. The zero-order chi connectivity index (χ0) is 20.7. The highest BCUT2D eigenvalue weighted by molar-refractivity contribution is 6.22. The summed E-state index contributed by atoms with van der Waals surface area (Å²) in [5.41, 5.74) is 2.86. The largest absolute Gasteiger partial charge is 0.423 e. The van der Waals surface area contributed by atoms with Crippen LogP contribution < -0.4 is 9.64 Å². The maximum Gasteiger partial charge on any atom is 0.343 e. The number of ether oxygens (including phenoxy) is 1. The van der Waals surface area contributed by atoms with E-state index in [2.05, 4.69) is 6.92 Å². The molecule has 2 aromatic rings. The number of aryl methyl sites for hydroxylation is 1. The number of benzene rings is 2. The third-order valence-corrected chi connectivity index (χ3v) is 6.31. The minimum atomic E-state index is -0.466. The van der Waals surface area contributed by atoms with E-state index >= 15 is 0 Å². The van der Waals surface area contributed by atoms with Crippen LogP contribution in [0.3, 0.4) is 0 Å². The van der Waals surface area contributed by atoms with E-state index in [1.54, 1.807) is 30.3 Å². The van der Waals surface area contributed by atoms with Gasteiger partial charge in [-0.25, -0.2) is 4.79 Å². The zero-order valence-corrected chi connectivity index (χ0v) is 17.0. The number of anilines is 1. The van der Waals surface area contributed by atoms with Crippen LogP contribution in [0.1, 0.15) is 47.7 Å². The van der Waals surface area contributed by atoms with Gasteiger partial charge in [-0.05, 0) is 80.5 Å². The standard InChI is InChI=1S/C24H25NO4/c1-14-7-12-19-20(13-14)23(27)25(22(19)26)18-10-8-17(9-11-18)24(28)29-21-6-4-5-15(2)16(21)3/h4-6,8-11,14,19-20H,7,12-13H2,1-3H3/t14-,19+,20+/m0/s1. The van der Waals surface area contributed by atoms with Crippen molar-refractivity contribution in [2.24, 2.45) is 17.8 Å². The molecule has 1 saturated carbocycles. The molecule has 0 N–H and O–H groups in total. The summed E-state index contributed by atoms with van der Waals surface area (Å²) in [4.78, 5) is 39.4. The first kappa shape index (κ1) is 19.4. The fourth-order valence-electron chi connectivity index (χ4n) is 4.38. The number of imide groups is 1. The Kier molecular flexibility index (Phi) is 4.99. The van der Waals surface area contributed by atoms with E-state index in [4.69, 9.17) is 4.74 Å². The zero-order valence-electron chi connectivity index (χ0n) is 17.0. The molecule has 2 fully saturated rings. The maximum absolute atomic E-state index is 12.8. The first-order chi connectivity index (χ1) is 13.9. The lowest BCUT2D eigenvalue weighted by Gasteiger charge is -2.25. The molecule has 0 spiro atoms. The van der Waals surface area contributed by atoms with E-state index in [0.717, 1.165) is 30.4 Å². The average Bonchev–Trinajstić information content (AvgIpc) is 2.95. The summed E-state index contributed by atoms with van der Waals surface area (Å²) in [6, 6.07) is 12.1. The molecule has 0 aromatic heterocycles. The first-order valence-electron chi connectivity index (χ1n) is 10.1. The fourth-order valence-corrected chi connectivity index (χ4v) is 4.38. The third-order valence-electron chi connectivity index (χ3n) is 6.31. The Morgan fingerprint density at radius 1 is 0.966 bits per heavy atom.